The molecule has 1 heterocycles. The van der Waals surface area contributed by atoms with Crippen molar-refractivity contribution in [2.24, 2.45) is 0 Å². The molecule has 7 heteroatoms. The number of carbonyl (C=O) groups excluding carboxylic acids is 1. The molecule has 5 rings (SSSR count). The molecule has 0 aliphatic carbocycles. The van der Waals surface area contributed by atoms with Crippen molar-refractivity contribution in [2.45, 2.75) is 17.7 Å². The smallest absolute Gasteiger partial charge is 0.261 e. The Bertz CT molecular complexity index is 1440. The number of carbonyl (C=O) groups is 1. The Morgan fingerprint density at radius 2 is 1.46 bits per heavy atom. The summed E-state index contributed by atoms with van der Waals surface area (Å²) in [7, 11) is -3.80. The third-order valence-electron chi connectivity index (χ3n) is 5.83. The van der Waals surface area contributed by atoms with E-state index < -0.39 is 10.0 Å². The molecule has 0 atom stereocenters. The summed E-state index contributed by atoms with van der Waals surface area (Å²) in [6.45, 7) is 0.600. The van der Waals surface area contributed by atoms with Crippen molar-refractivity contribution in [3.05, 3.63) is 114 Å². The Morgan fingerprint density at radius 1 is 0.800 bits per heavy atom. The molecular formula is C28H24N2O4S. The van der Waals surface area contributed by atoms with E-state index >= 15 is 0 Å². The van der Waals surface area contributed by atoms with Gasteiger partial charge in [-0.25, -0.2) is 8.42 Å². The second kappa shape index (κ2) is 9.64. The number of amides is 1. The van der Waals surface area contributed by atoms with Crippen molar-refractivity contribution >= 4 is 27.3 Å². The Hall–Kier alpha value is -4.10. The first kappa shape index (κ1) is 22.7. The topological polar surface area (TPSA) is 75.7 Å². The van der Waals surface area contributed by atoms with Crippen LogP contribution in [-0.2, 0) is 16.4 Å². The van der Waals surface area contributed by atoms with Crippen molar-refractivity contribution in [3.63, 3.8) is 0 Å². The summed E-state index contributed by atoms with van der Waals surface area (Å²) in [5, 5.41) is 0. The molecule has 0 spiro atoms. The molecule has 4 aromatic carbocycles. The van der Waals surface area contributed by atoms with Crippen LogP contribution >= 0.6 is 0 Å². The lowest BCUT2D eigenvalue weighted by atomic mass is 10.0. The van der Waals surface area contributed by atoms with Gasteiger partial charge in [0.25, 0.3) is 15.9 Å². The standard InChI is InChI=1S/C28H24N2O4S/c31-28(21-8-3-1-4-9-21)30-19-7-10-22-20-26(17-18-27(22)30)35(32,33)29-23-13-15-25(16-14-23)34-24-11-5-2-6-12-24/h1-6,8-9,11-18,20,29H,7,10,19H2. The predicted molar refractivity (Wildman–Crippen MR) is 137 cm³/mol. The zero-order chi connectivity index (χ0) is 24.3. The molecule has 0 aromatic heterocycles. The summed E-state index contributed by atoms with van der Waals surface area (Å²) in [6, 6.07) is 30.2. The van der Waals surface area contributed by atoms with Crippen molar-refractivity contribution in [3.8, 4) is 11.5 Å². The average Bonchev–Trinajstić information content (AvgIpc) is 2.89. The molecular weight excluding hydrogens is 460 g/mol. The van der Waals surface area contributed by atoms with Crippen LogP contribution in [0.4, 0.5) is 11.4 Å². The SMILES string of the molecule is O=C(c1ccccc1)N1CCCc2cc(S(=O)(=O)Nc3ccc(Oc4ccccc4)cc3)ccc21. The number of hydrogen-bond acceptors (Lipinski definition) is 4. The number of nitrogens with zero attached hydrogens (tertiary/aromatic N) is 1. The molecule has 1 aliphatic rings. The zero-order valence-corrected chi connectivity index (χ0v) is 19.7. The fourth-order valence-corrected chi connectivity index (χ4v) is 5.23. The van der Waals surface area contributed by atoms with Gasteiger partial charge in [-0.05, 0) is 85.1 Å². The van der Waals surface area contributed by atoms with Gasteiger partial charge < -0.3 is 9.64 Å². The van der Waals surface area contributed by atoms with Crippen LogP contribution in [0.15, 0.2) is 108 Å². The largest absolute Gasteiger partial charge is 0.457 e. The van der Waals surface area contributed by atoms with Crippen LogP contribution in [0.2, 0.25) is 0 Å². The zero-order valence-electron chi connectivity index (χ0n) is 18.9. The molecule has 0 fully saturated rings. The van der Waals surface area contributed by atoms with E-state index in [4.69, 9.17) is 4.74 Å². The van der Waals surface area contributed by atoms with Crippen LogP contribution in [0.5, 0.6) is 11.5 Å². The van der Waals surface area contributed by atoms with Gasteiger partial charge in [-0.2, -0.15) is 0 Å². The molecule has 0 saturated carbocycles. The summed E-state index contributed by atoms with van der Waals surface area (Å²) < 4.78 is 34.5. The number of sulfonamides is 1. The minimum Gasteiger partial charge on any atom is -0.457 e. The average molecular weight is 485 g/mol. The van der Waals surface area contributed by atoms with E-state index in [1.165, 1.54) is 0 Å². The van der Waals surface area contributed by atoms with Crippen LogP contribution in [0.3, 0.4) is 0 Å². The highest BCUT2D eigenvalue weighted by Gasteiger charge is 2.25. The van der Waals surface area contributed by atoms with Gasteiger partial charge in [-0.1, -0.05) is 36.4 Å². The number of nitrogens with one attached hydrogen (secondary N) is 1. The Labute approximate surface area is 204 Å². The van der Waals surface area contributed by atoms with Crippen LogP contribution in [-0.4, -0.2) is 20.9 Å². The number of fused-ring (bicyclic) bond motifs is 1. The third kappa shape index (κ3) is 5.05. The highest BCUT2D eigenvalue weighted by molar-refractivity contribution is 7.92. The maximum Gasteiger partial charge on any atom is 0.261 e. The van der Waals surface area contributed by atoms with Gasteiger partial charge in [0, 0.05) is 23.5 Å². The van der Waals surface area contributed by atoms with Crippen molar-refractivity contribution in [1.29, 1.82) is 0 Å². The first-order valence-corrected chi connectivity index (χ1v) is 12.8. The lowest BCUT2D eigenvalue weighted by Crippen LogP contribution is -2.35. The molecule has 35 heavy (non-hydrogen) atoms. The van der Waals surface area contributed by atoms with E-state index in [1.807, 2.05) is 48.5 Å². The van der Waals surface area contributed by atoms with Crippen LogP contribution < -0.4 is 14.4 Å². The highest BCUT2D eigenvalue weighted by atomic mass is 32.2. The minimum atomic E-state index is -3.80. The molecule has 4 aromatic rings. The van der Waals surface area contributed by atoms with Gasteiger partial charge in [0.1, 0.15) is 11.5 Å². The van der Waals surface area contributed by atoms with Gasteiger partial charge in [-0.3, -0.25) is 9.52 Å². The van der Waals surface area contributed by atoms with Crippen molar-refractivity contribution in [1.82, 2.24) is 0 Å². The van der Waals surface area contributed by atoms with Gasteiger partial charge >= 0.3 is 0 Å². The molecule has 0 radical (unpaired) electrons. The summed E-state index contributed by atoms with van der Waals surface area (Å²) >= 11 is 0. The lowest BCUT2D eigenvalue weighted by molar-refractivity contribution is 0.0985. The van der Waals surface area contributed by atoms with Gasteiger partial charge in [0.2, 0.25) is 0 Å². The highest BCUT2D eigenvalue weighted by Crippen LogP contribution is 2.31. The molecule has 6 nitrogen and oxygen atoms in total. The monoisotopic (exact) mass is 484 g/mol. The number of anilines is 2. The van der Waals surface area contributed by atoms with Crippen LogP contribution in [0, 0.1) is 0 Å². The van der Waals surface area contributed by atoms with E-state index in [1.54, 1.807) is 59.5 Å². The Balaban J connectivity index is 1.33. The van der Waals surface area contributed by atoms with Crippen LogP contribution in [0.25, 0.3) is 0 Å². The molecule has 1 aliphatic heterocycles. The Kier molecular flexibility index (Phi) is 6.25. The number of rotatable bonds is 6. The molecule has 0 saturated heterocycles. The number of benzene rings is 4. The quantitative estimate of drug-likeness (QED) is 0.371. The van der Waals surface area contributed by atoms with Gasteiger partial charge in [0.05, 0.1) is 4.90 Å². The van der Waals surface area contributed by atoms with Crippen LogP contribution in [0.1, 0.15) is 22.3 Å². The van der Waals surface area contributed by atoms with E-state index in [-0.39, 0.29) is 10.8 Å². The summed E-state index contributed by atoms with van der Waals surface area (Å²) in [5.74, 6) is 1.23. The maximum atomic E-state index is 13.1. The van der Waals surface area contributed by atoms with Gasteiger partial charge in [0.15, 0.2) is 0 Å². The summed E-state index contributed by atoms with van der Waals surface area (Å²) in [6.07, 6.45) is 1.48. The number of aryl methyl sites for hydroxylation is 1. The Morgan fingerprint density at radius 3 is 2.17 bits per heavy atom. The van der Waals surface area contributed by atoms with E-state index in [0.717, 1.165) is 17.7 Å². The summed E-state index contributed by atoms with van der Waals surface area (Å²) in [4.78, 5) is 14.9. The van der Waals surface area contributed by atoms with E-state index in [2.05, 4.69) is 4.72 Å². The lowest BCUT2D eigenvalue weighted by Gasteiger charge is -2.30. The maximum absolute atomic E-state index is 13.1. The first-order chi connectivity index (χ1) is 17.0. The number of hydrogen-bond donors (Lipinski definition) is 1. The molecule has 176 valence electrons. The second-order valence-electron chi connectivity index (χ2n) is 8.26. The fourth-order valence-electron chi connectivity index (χ4n) is 4.12. The predicted octanol–water partition coefficient (Wildman–Crippen LogP) is 5.87. The minimum absolute atomic E-state index is 0.0851. The molecule has 1 amide bonds. The van der Waals surface area contributed by atoms with Gasteiger partial charge in [-0.15, -0.1) is 0 Å². The normalized spacial score (nSPS) is 13.1. The summed E-state index contributed by atoms with van der Waals surface area (Å²) in [5.41, 5.74) is 2.64. The number of para-hydroxylation sites is 1. The van der Waals surface area contributed by atoms with Crippen molar-refractivity contribution < 1.29 is 17.9 Å². The number of ether oxygens (including phenoxy) is 1. The fraction of sp³-hybridized carbons (Fsp3) is 0.107. The second-order valence-corrected chi connectivity index (χ2v) is 9.94. The van der Waals surface area contributed by atoms with E-state index in [9.17, 15) is 13.2 Å². The first-order valence-electron chi connectivity index (χ1n) is 11.4. The van der Waals surface area contributed by atoms with E-state index in [0.29, 0.717) is 35.7 Å². The van der Waals surface area contributed by atoms with Crippen molar-refractivity contribution in [2.75, 3.05) is 16.2 Å². The molecule has 0 unspecified atom stereocenters. The molecule has 0 bridgehead atoms. The molecule has 1 N–H and O–H groups in total. The third-order valence-corrected chi connectivity index (χ3v) is 7.21.